The van der Waals surface area contributed by atoms with Gasteiger partial charge in [-0.25, -0.2) is 0 Å². The van der Waals surface area contributed by atoms with Crippen LogP contribution in [0.5, 0.6) is 0 Å². The molecule has 2 heterocycles. The smallest absolute Gasteiger partial charge is 0.193 e. The van der Waals surface area contributed by atoms with Crippen molar-refractivity contribution in [3.05, 3.63) is 30.3 Å². The zero-order valence-corrected chi connectivity index (χ0v) is 16.9. The Morgan fingerprint density at radius 3 is 2.44 bits per heavy atom. The maximum atomic E-state index is 4.53. The zero-order chi connectivity index (χ0) is 18.5. The largest absolute Gasteiger partial charge is 0.369 e. The maximum Gasteiger partial charge on any atom is 0.193 e. The quantitative estimate of drug-likeness (QED) is 0.492. The molecule has 5 heteroatoms. The summed E-state index contributed by atoms with van der Waals surface area (Å²) in [4.78, 5) is 12.1. The third-order valence-electron chi connectivity index (χ3n) is 6.79. The van der Waals surface area contributed by atoms with Crippen LogP contribution in [0.15, 0.2) is 35.3 Å². The first kappa shape index (κ1) is 18.6. The van der Waals surface area contributed by atoms with Crippen LogP contribution in [0.1, 0.15) is 32.1 Å². The fraction of sp³-hybridized carbons (Fsp3) is 0.682. The van der Waals surface area contributed by atoms with Gasteiger partial charge in [-0.05, 0) is 49.8 Å². The Kier molecular flexibility index (Phi) is 5.86. The van der Waals surface area contributed by atoms with E-state index >= 15 is 0 Å². The van der Waals surface area contributed by atoms with E-state index in [1.54, 1.807) is 0 Å². The molecule has 148 valence electrons. The third kappa shape index (κ3) is 4.40. The summed E-state index contributed by atoms with van der Waals surface area (Å²) in [5.41, 5.74) is 1.99. The molecule has 0 amide bonds. The highest BCUT2D eigenvalue weighted by atomic mass is 15.3. The van der Waals surface area contributed by atoms with E-state index in [-0.39, 0.29) is 0 Å². The second-order valence-electron chi connectivity index (χ2n) is 8.52. The number of hydrogen-bond donors (Lipinski definition) is 1. The average Bonchev–Trinajstić information content (AvgIpc) is 3.15. The van der Waals surface area contributed by atoms with E-state index in [1.165, 1.54) is 57.4 Å². The van der Waals surface area contributed by atoms with Gasteiger partial charge in [0.1, 0.15) is 0 Å². The minimum Gasteiger partial charge on any atom is -0.369 e. The number of aliphatic imine (C=N–C) groups is 1. The summed E-state index contributed by atoms with van der Waals surface area (Å²) in [6.45, 7) is 9.20. The number of guanidine groups is 1. The van der Waals surface area contributed by atoms with Crippen molar-refractivity contribution >= 4 is 11.6 Å². The minimum atomic E-state index is 0.635. The summed E-state index contributed by atoms with van der Waals surface area (Å²) in [5, 5.41) is 3.61. The van der Waals surface area contributed by atoms with Gasteiger partial charge < -0.3 is 15.1 Å². The summed E-state index contributed by atoms with van der Waals surface area (Å²) < 4.78 is 0. The van der Waals surface area contributed by atoms with Crippen molar-refractivity contribution in [2.75, 3.05) is 64.3 Å². The van der Waals surface area contributed by atoms with Gasteiger partial charge in [-0.15, -0.1) is 0 Å². The average molecular weight is 370 g/mol. The molecule has 3 fully saturated rings. The fourth-order valence-electron chi connectivity index (χ4n) is 4.90. The molecule has 1 aliphatic carbocycles. The normalized spacial score (nSPS) is 22.9. The summed E-state index contributed by atoms with van der Waals surface area (Å²) >= 11 is 0. The van der Waals surface area contributed by atoms with Crippen LogP contribution in [-0.2, 0) is 0 Å². The van der Waals surface area contributed by atoms with E-state index in [2.05, 4.69) is 55.3 Å². The summed E-state index contributed by atoms with van der Waals surface area (Å²) in [6, 6.07) is 10.8. The highest BCUT2D eigenvalue weighted by Crippen LogP contribution is 2.47. The molecular formula is C22H35N5. The number of hydrogen-bond acceptors (Lipinski definition) is 3. The number of piperazine rings is 1. The fourth-order valence-corrected chi connectivity index (χ4v) is 4.90. The van der Waals surface area contributed by atoms with E-state index in [0.29, 0.717) is 5.41 Å². The molecule has 2 saturated heterocycles. The maximum absolute atomic E-state index is 4.53. The van der Waals surface area contributed by atoms with Crippen LogP contribution in [0.4, 0.5) is 5.69 Å². The molecule has 5 nitrogen and oxygen atoms in total. The van der Waals surface area contributed by atoms with Crippen molar-refractivity contribution in [2.24, 2.45) is 10.4 Å². The van der Waals surface area contributed by atoms with Gasteiger partial charge in [0.05, 0.1) is 0 Å². The van der Waals surface area contributed by atoms with E-state index < -0.39 is 0 Å². The van der Waals surface area contributed by atoms with Gasteiger partial charge >= 0.3 is 0 Å². The zero-order valence-electron chi connectivity index (χ0n) is 16.9. The highest BCUT2D eigenvalue weighted by Gasteiger charge is 2.43. The molecule has 27 heavy (non-hydrogen) atoms. The molecule has 1 saturated carbocycles. The van der Waals surface area contributed by atoms with Gasteiger partial charge in [-0.1, -0.05) is 24.6 Å². The molecule has 1 N–H and O–H groups in total. The second-order valence-corrected chi connectivity index (χ2v) is 8.52. The Morgan fingerprint density at radius 2 is 1.81 bits per heavy atom. The standard InChI is InChI=1S/C22H35N5/c1-23-21(27-14-11-22(19-27)9-5-10-22)24-12-6-13-25-15-17-26(18-16-25)20-7-3-2-4-8-20/h2-4,7-8H,5-6,9-19H2,1H3,(H,23,24). The predicted octanol–water partition coefficient (Wildman–Crippen LogP) is 2.65. The van der Waals surface area contributed by atoms with Crippen molar-refractivity contribution in [2.45, 2.75) is 32.1 Å². The van der Waals surface area contributed by atoms with Gasteiger partial charge in [0.2, 0.25) is 0 Å². The van der Waals surface area contributed by atoms with E-state index in [0.717, 1.165) is 38.7 Å². The lowest BCUT2D eigenvalue weighted by Crippen LogP contribution is -2.47. The molecule has 0 aromatic heterocycles. The number of rotatable bonds is 5. The molecular weight excluding hydrogens is 334 g/mol. The molecule has 3 aliphatic rings. The predicted molar refractivity (Wildman–Crippen MR) is 114 cm³/mol. The van der Waals surface area contributed by atoms with Gasteiger partial charge in [0.25, 0.3) is 0 Å². The molecule has 0 bridgehead atoms. The van der Waals surface area contributed by atoms with Crippen LogP contribution in [0.3, 0.4) is 0 Å². The lowest BCUT2D eigenvalue weighted by molar-refractivity contribution is 0.151. The molecule has 1 aromatic rings. The summed E-state index contributed by atoms with van der Waals surface area (Å²) in [6.07, 6.45) is 6.82. The second kappa shape index (κ2) is 8.51. The molecule has 0 atom stereocenters. The third-order valence-corrected chi connectivity index (χ3v) is 6.79. The van der Waals surface area contributed by atoms with Crippen LogP contribution < -0.4 is 10.2 Å². The van der Waals surface area contributed by atoms with E-state index in [1.807, 2.05) is 7.05 Å². The lowest BCUT2D eigenvalue weighted by Gasteiger charge is -2.38. The molecule has 0 unspecified atom stereocenters. The monoisotopic (exact) mass is 369 g/mol. The van der Waals surface area contributed by atoms with Crippen molar-refractivity contribution in [3.8, 4) is 0 Å². The molecule has 1 aromatic carbocycles. The number of para-hydroxylation sites is 1. The number of anilines is 1. The number of nitrogens with one attached hydrogen (secondary N) is 1. The van der Waals surface area contributed by atoms with Crippen molar-refractivity contribution in [3.63, 3.8) is 0 Å². The summed E-state index contributed by atoms with van der Waals surface area (Å²) in [5.74, 6) is 1.12. The van der Waals surface area contributed by atoms with Gasteiger partial charge in [0.15, 0.2) is 5.96 Å². The van der Waals surface area contributed by atoms with Gasteiger partial charge in [-0.2, -0.15) is 0 Å². The van der Waals surface area contributed by atoms with Crippen LogP contribution in [0.2, 0.25) is 0 Å². The molecule has 0 radical (unpaired) electrons. The molecule has 4 rings (SSSR count). The van der Waals surface area contributed by atoms with Crippen molar-refractivity contribution < 1.29 is 0 Å². The summed E-state index contributed by atoms with van der Waals surface area (Å²) in [7, 11) is 1.93. The van der Waals surface area contributed by atoms with Crippen LogP contribution >= 0.6 is 0 Å². The minimum absolute atomic E-state index is 0.635. The van der Waals surface area contributed by atoms with Crippen molar-refractivity contribution in [1.82, 2.24) is 15.1 Å². The van der Waals surface area contributed by atoms with E-state index in [9.17, 15) is 0 Å². The van der Waals surface area contributed by atoms with Crippen molar-refractivity contribution in [1.29, 1.82) is 0 Å². The Bertz CT molecular complexity index is 617. The Morgan fingerprint density at radius 1 is 1.04 bits per heavy atom. The Hall–Kier alpha value is -1.75. The number of likely N-dealkylation sites (tertiary alicyclic amines) is 1. The van der Waals surface area contributed by atoms with Crippen LogP contribution in [0.25, 0.3) is 0 Å². The Labute approximate surface area is 164 Å². The van der Waals surface area contributed by atoms with Crippen LogP contribution in [0, 0.1) is 5.41 Å². The van der Waals surface area contributed by atoms with Gasteiger partial charge in [0, 0.05) is 58.5 Å². The van der Waals surface area contributed by atoms with E-state index in [4.69, 9.17) is 0 Å². The first-order valence-electron chi connectivity index (χ1n) is 10.8. The lowest BCUT2D eigenvalue weighted by atomic mass is 9.68. The number of nitrogens with zero attached hydrogens (tertiary/aromatic N) is 4. The number of benzene rings is 1. The molecule has 1 spiro atoms. The van der Waals surface area contributed by atoms with Crippen LogP contribution in [-0.4, -0.2) is 75.2 Å². The Balaban J connectivity index is 1.13. The highest BCUT2D eigenvalue weighted by molar-refractivity contribution is 5.80. The van der Waals surface area contributed by atoms with Gasteiger partial charge in [-0.3, -0.25) is 9.89 Å². The topological polar surface area (TPSA) is 34.1 Å². The SMILES string of the molecule is CN=C(NCCCN1CCN(c2ccccc2)CC1)N1CCC2(CCC2)C1. The first-order valence-corrected chi connectivity index (χ1v) is 10.8. The first-order chi connectivity index (χ1) is 13.3. The molecule has 2 aliphatic heterocycles.